The summed E-state index contributed by atoms with van der Waals surface area (Å²) in [6.45, 7) is 2.16. The summed E-state index contributed by atoms with van der Waals surface area (Å²) in [5, 5.41) is 18.7. The molecule has 3 heteroatoms. The van der Waals surface area contributed by atoms with Crippen LogP contribution in [0.1, 0.15) is 23.6 Å². The van der Waals surface area contributed by atoms with Crippen molar-refractivity contribution < 1.29 is 5.11 Å². The van der Waals surface area contributed by atoms with E-state index in [4.69, 9.17) is 5.26 Å². The fourth-order valence-electron chi connectivity index (χ4n) is 2.23. The number of aromatic hydroxyl groups is 1. The van der Waals surface area contributed by atoms with Gasteiger partial charge in [-0.1, -0.05) is 19.3 Å². The second-order valence-corrected chi connectivity index (χ2v) is 4.17. The second kappa shape index (κ2) is 3.98. The topological polar surface area (TPSA) is 44.0 Å². The lowest BCUT2D eigenvalue weighted by atomic mass is 9.42. The number of nitriles is 1. The van der Waals surface area contributed by atoms with Gasteiger partial charge in [-0.05, 0) is 41.9 Å². The average molecular weight is 199 g/mol. The van der Waals surface area contributed by atoms with Crippen LogP contribution in [0.25, 0.3) is 0 Å². The van der Waals surface area contributed by atoms with E-state index in [1.54, 1.807) is 0 Å². The fourth-order valence-corrected chi connectivity index (χ4v) is 2.23. The van der Waals surface area contributed by atoms with Crippen molar-refractivity contribution in [1.82, 2.24) is 0 Å². The normalized spacial score (nSPS) is 14.5. The van der Waals surface area contributed by atoms with Crippen LogP contribution in [0.2, 0.25) is 6.32 Å². The minimum absolute atomic E-state index is 0.0795. The van der Waals surface area contributed by atoms with Gasteiger partial charge in [0.1, 0.15) is 5.75 Å². The highest BCUT2D eigenvalue weighted by Crippen LogP contribution is 2.30. The molecule has 1 aromatic rings. The lowest BCUT2D eigenvalue weighted by Crippen LogP contribution is -2.22. The Morgan fingerprint density at radius 2 is 2.33 bits per heavy atom. The Kier molecular flexibility index (Phi) is 2.68. The number of aryl methyl sites for hydroxylation is 2. The summed E-state index contributed by atoms with van der Waals surface area (Å²) in [4.78, 5) is 0. The molecule has 1 N–H and O–H groups in total. The van der Waals surface area contributed by atoms with Crippen molar-refractivity contribution in [2.24, 2.45) is 0 Å². The van der Waals surface area contributed by atoms with Gasteiger partial charge in [-0.2, -0.15) is 0 Å². The molecule has 0 aliphatic carbocycles. The van der Waals surface area contributed by atoms with E-state index in [0.29, 0.717) is 12.1 Å². The predicted octanol–water partition coefficient (Wildman–Crippen LogP) is 2.15. The Balaban J connectivity index is 2.40. The zero-order valence-corrected chi connectivity index (χ0v) is 8.95. The molecule has 0 fully saturated rings. The summed E-state index contributed by atoms with van der Waals surface area (Å²) >= 11 is 0. The Hall–Kier alpha value is -1.43. The number of nitrogens with zero attached hydrogens (tertiary/aromatic N) is 1. The highest BCUT2D eigenvalue weighted by atomic mass is 16.3. The second-order valence-electron chi connectivity index (χ2n) is 4.17. The van der Waals surface area contributed by atoms with Crippen LogP contribution in [0.3, 0.4) is 0 Å². The van der Waals surface area contributed by atoms with Crippen LogP contribution in [0.5, 0.6) is 5.75 Å². The lowest BCUT2D eigenvalue weighted by molar-refractivity contribution is 0.468. The minimum Gasteiger partial charge on any atom is -0.508 e. The maximum absolute atomic E-state index is 9.87. The molecular formula is C12H14BNO. The van der Waals surface area contributed by atoms with Gasteiger partial charge >= 0.3 is 0 Å². The summed E-state index contributed by atoms with van der Waals surface area (Å²) in [7, 11) is 0. The minimum atomic E-state index is 0.0795. The van der Waals surface area contributed by atoms with Crippen molar-refractivity contribution in [3.8, 4) is 11.7 Å². The maximum atomic E-state index is 9.87. The molecule has 2 nitrogen and oxygen atoms in total. The van der Waals surface area contributed by atoms with Gasteiger partial charge in [0.25, 0.3) is 6.71 Å². The summed E-state index contributed by atoms with van der Waals surface area (Å²) < 4.78 is 0. The van der Waals surface area contributed by atoms with Crippen molar-refractivity contribution in [1.29, 1.82) is 5.26 Å². The summed E-state index contributed by atoms with van der Waals surface area (Å²) in [5.74, 6) is 2.67. The van der Waals surface area contributed by atoms with Crippen molar-refractivity contribution in [3.63, 3.8) is 0 Å². The predicted molar refractivity (Wildman–Crippen MR) is 61.1 cm³/mol. The highest BCUT2D eigenvalue weighted by molar-refractivity contribution is 6.66. The maximum Gasteiger partial charge on any atom is 0.272 e. The molecule has 1 heterocycles. The Morgan fingerprint density at radius 3 is 3.00 bits per heavy atom. The first-order chi connectivity index (χ1) is 7.24. The Morgan fingerprint density at radius 1 is 1.53 bits per heavy atom. The standard InChI is InChI=1S/C12H14BNO/c1-2-9-5-10-3-4-13(8-14)7-11(10)12(15)6-9/h5-6,15H,2-4,7H2,1H3. The van der Waals surface area contributed by atoms with Crippen LogP contribution < -0.4 is 0 Å². The molecule has 15 heavy (non-hydrogen) atoms. The van der Waals surface area contributed by atoms with E-state index in [-0.39, 0.29) is 6.71 Å². The molecule has 1 aliphatic heterocycles. The number of rotatable bonds is 1. The largest absolute Gasteiger partial charge is 0.508 e. The van der Waals surface area contributed by atoms with E-state index in [1.165, 1.54) is 11.1 Å². The quantitative estimate of drug-likeness (QED) is 0.704. The monoisotopic (exact) mass is 199 g/mol. The third kappa shape index (κ3) is 1.85. The van der Waals surface area contributed by atoms with Crippen molar-refractivity contribution in [3.05, 3.63) is 28.8 Å². The number of phenols is 1. The van der Waals surface area contributed by atoms with E-state index in [9.17, 15) is 5.11 Å². The molecule has 0 spiro atoms. The molecule has 1 aromatic carbocycles. The molecule has 2 rings (SSSR count). The van der Waals surface area contributed by atoms with Gasteiger partial charge in [0.05, 0.1) is 0 Å². The molecule has 0 amide bonds. The van der Waals surface area contributed by atoms with Crippen molar-refractivity contribution in [2.75, 3.05) is 0 Å². The highest BCUT2D eigenvalue weighted by Gasteiger charge is 2.24. The molecule has 1 aliphatic rings. The smallest absolute Gasteiger partial charge is 0.272 e. The zero-order chi connectivity index (χ0) is 10.8. The van der Waals surface area contributed by atoms with Gasteiger partial charge in [0.15, 0.2) is 0 Å². The Labute approximate surface area is 90.6 Å². The molecule has 0 atom stereocenters. The summed E-state index contributed by atoms with van der Waals surface area (Å²) in [6.07, 6.45) is 3.51. The van der Waals surface area contributed by atoms with Gasteiger partial charge in [-0.3, -0.25) is 0 Å². The number of hydrogen-bond acceptors (Lipinski definition) is 2. The molecule has 0 saturated carbocycles. The van der Waals surface area contributed by atoms with Gasteiger partial charge in [-0.25, -0.2) is 5.26 Å². The van der Waals surface area contributed by atoms with Crippen LogP contribution in [0.4, 0.5) is 0 Å². The first-order valence-electron chi connectivity index (χ1n) is 5.47. The summed E-state index contributed by atoms with van der Waals surface area (Å²) in [5.41, 5.74) is 3.41. The lowest BCUT2D eigenvalue weighted by Gasteiger charge is -2.19. The molecule has 0 saturated heterocycles. The number of phenolic OH excluding ortho intramolecular Hbond substituents is 1. The first-order valence-corrected chi connectivity index (χ1v) is 5.47. The van der Waals surface area contributed by atoms with E-state index >= 15 is 0 Å². The van der Waals surface area contributed by atoms with E-state index in [1.807, 2.05) is 6.07 Å². The molecule has 0 bridgehead atoms. The first kappa shape index (κ1) is 10.1. The van der Waals surface area contributed by atoms with Crippen molar-refractivity contribution >= 4 is 6.71 Å². The molecule has 0 aromatic heterocycles. The molecule has 0 unspecified atom stereocenters. The zero-order valence-electron chi connectivity index (χ0n) is 8.95. The fraction of sp³-hybridized carbons (Fsp3) is 0.417. The average Bonchev–Trinajstić information content (AvgIpc) is 2.28. The van der Waals surface area contributed by atoms with Crippen LogP contribution in [-0.4, -0.2) is 11.8 Å². The third-order valence-electron chi connectivity index (χ3n) is 3.18. The SMILES string of the molecule is CCc1cc(O)c2c(c1)CCB(C#N)C2. The third-order valence-corrected chi connectivity index (χ3v) is 3.18. The van der Waals surface area contributed by atoms with Crippen molar-refractivity contribution in [2.45, 2.75) is 32.4 Å². The van der Waals surface area contributed by atoms with Crippen LogP contribution in [0.15, 0.2) is 12.1 Å². The molecule has 76 valence electrons. The van der Waals surface area contributed by atoms with E-state index in [0.717, 1.165) is 24.7 Å². The summed E-state index contributed by atoms with van der Waals surface area (Å²) in [6, 6.07) is 4.00. The van der Waals surface area contributed by atoms with Crippen LogP contribution in [0, 0.1) is 11.2 Å². The van der Waals surface area contributed by atoms with Gasteiger partial charge in [0.2, 0.25) is 0 Å². The molecule has 0 radical (unpaired) electrons. The van der Waals surface area contributed by atoms with Gasteiger partial charge in [-0.15, -0.1) is 0 Å². The van der Waals surface area contributed by atoms with Crippen LogP contribution >= 0.6 is 0 Å². The number of benzene rings is 1. The Bertz CT molecular complexity index is 422. The molecular weight excluding hydrogens is 185 g/mol. The number of hydrogen-bond donors (Lipinski definition) is 1. The number of fused-ring (bicyclic) bond motifs is 1. The van der Waals surface area contributed by atoms with Gasteiger partial charge < -0.3 is 5.11 Å². The van der Waals surface area contributed by atoms with Gasteiger partial charge in [0, 0.05) is 5.97 Å². The van der Waals surface area contributed by atoms with E-state index < -0.39 is 0 Å². The van der Waals surface area contributed by atoms with E-state index in [2.05, 4.69) is 19.0 Å². The van der Waals surface area contributed by atoms with Crippen LogP contribution in [-0.2, 0) is 19.2 Å².